The molecule has 0 fully saturated rings. The van der Waals surface area contributed by atoms with Gasteiger partial charge in [0.2, 0.25) is 0 Å². The summed E-state index contributed by atoms with van der Waals surface area (Å²) in [6.45, 7) is 2.58. The molecule has 2 aromatic heterocycles. The quantitative estimate of drug-likeness (QED) is 0.367. The molecule has 3 nitrogen and oxygen atoms in total. The molecular formula is C21H16BrClN2OS. The summed E-state index contributed by atoms with van der Waals surface area (Å²) in [5.74, 6) is 0. The molecule has 0 amide bonds. The van der Waals surface area contributed by atoms with Crippen LogP contribution in [-0.2, 0) is 13.0 Å². The van der Waals surface area contributed by atoms with Gasteiger partial charge < -0.3 is 0 Å². The Kier molecular flexibility index (Phi) is 5.17. The van der Waals surface area contributed by atoms with Crippen LogP contribution in [0, 0.1) is 0 Å². The minimum atomic E-state index is -0.0104. The second-order valence-corrected chi connectivity index (χ2v) is 8.68. The highest BCUT2D eigenvalue weighted by Crippen LogP contribution is 2.36. The lowest BCUT2D eigenvalue weighted by Crippen LogP contribution is -2.21. The number of thiophene rings is 1. The number of fused-ring (bicyclic) bond motifs is 1. The van der Waals surface area contributed by atoms with E-state index in [1.807, 2.05) is 48.5 Å². The van der Waals surface area contributed by atoms with E-state index in [0.717, 1.165) is 32.4 Å². The molecule has 0 saturated carbocycles. The fraction of sp³-hybridized carbons (Fsp3) is 0.143. The Labute approximate surface area is 174 Å². The van der Waals surface area contributed by atoms with Gasteiger partial charge in [-0.15, -0.1) is 11.3 Å². The van der Waals surface area contributed by atoms with Gasteiger partial charge in [0.05, 0.1) is 18.3 Å². The molecule has 136 valence electrons. The molecule has 0 aliphatic carbocycles. The van der Waals surface area contributed by atoms with Crippen LogP contribution in [0.4, 0.5) is 0 Å². The first-order valence-corrected chi connectivity index (χ1v) is 10.6. The molecule has 0 radical (unpaired) electrons. The zero-order valence-corrected chi connectivity index (χ0v) is 17.7. The summed E-state index contributed by atoms with van der Waals surface area (Å²) >= 11 is 11.0. The van der Waals surface area contributed by atoms with E-state index in [-0.39, 0.29) is 5.56 Å². The second kappa shape index (κ2) is 7.58. The van der Waals surface area contributed by atoms with Gasteiger partial charge in [-0.1, -0.05) is 58.7 Å². The van der Waals surface area contributed by atoms with Gasteiger partial charge in [-0.05, 0) is 41.8 Å². The van der Waals surface area contributed by atoms with Crippen LogP contribution in [0.5, 0.6) is 0 Å². The van der Waals surface area contributed by atoms with Crippen molar-refractivity contribution in [1.82, 2.24) is 9.55 Å². The smallest absolute Gasteiger partial charge is 0.263 e. The maximum Gasteiger partial charge on any atom is 0.263 e. The maximum absolute atomic E-state index is 13.3. The maximum atomic E-state index is 13.3. The SMILES string of the molecule is CCc1sc2ncn(Cc3ccc(Cl)cc3)c(=O)c2c1-c1ccc(Br)cc1. The number of hydrogen-bond donors (Lipinski definition) is 0. The highest BCUT2D eigenvalue weighted by molar-refractivity contribution is 9.10. The highest BCUT2D eigenvalue weighted by atomic mass is 79.9. The third-order valence-electron chi connectivity index (χ3n) is 4.47. The number of aromatic nitrogens is 2. The van der Waals surface area contributed by atoms with Crippen molar-refractivity contribution < 1.29 is 0 Å². The first kappa shape index (κ1) is 18.4. The van der Waals surface area contributed by atoms with E-state index in [4.69, 9.17) is 11.6 Å². The van der Waals surface area contributed by atoms with Crippen LogP contribution in [0.3, 0.4) is 0 Å². The van der Waals surface area contributed by atoms with Crippen LogP contribution < -0.4 is 5.56 Å². The summed E-state index contributed by atoms with van der Waals surface area (Å²) in [5.41, 5.74) is 3.06. The largest absolute Gasteiger partial charge is 0.294 e. The predicted octanol–water partition coefficient (Wildman–Crippen LogP) is 6.15. The topological polar surface area (TPSA) is 34.9 Å². The van der Waals surface area contributed by atoms with E-state index >= 15 is 0 Å². The summed E-state index contributed by atoms with van der Waals surface area (Å²) in [7, 11) is 0. The lowest BCUT2D eigenvalue weighted by atomic mass is 10.0. The van der Waals surface area contributed by atoms with Crippen LogP contribution in [0.2, 0.25) is 5.02 Å². The molecule has 0 aliphatic rings. The first-order valence-electron chi connectivity index (χ1n) is 8.58. The van der Waals surface area contributed by atoms with Crippen LogP contribution in [-0.4, -0.2) is 9.55 Å². The van der Waals surface area contributed by atoms with Gasteiger partial charge in [-0.2, -0.15) is 0 Å². The fourth-order valence-electron chi connectivity index (χ4n) is 3.14. The first-order chi connectivity index (χ1) is 13.1. The van der Waals surface area contributed by atoms with E-state index in [1.54, 1.807) is 22.2 Å². The third-order valence-corrected chi connectivity index (χ3v) is 6.49. The minimum Gasteiger partial charge on any atom is -0.294 e. The van der Waals surface area contributed by atoms with Crippen LogP contribution in [0.1, 0.15) is 17.4 Å². The predicted molar refractivity (Wildman–Crippen MR) is 117 cm³/mol. The lowest BCUT2D eigenvalue weighted by Gasteiger charge is -2.07. The molecule has 6 heteroatoms. The second-order valence-electron chi connectivity index (χ2n) is 6.24. The molecule has 4 rings (SSSR count). The number of nitrogens with zero attached hydrogens (tertiary/aromatic N) is 2. The van der Waals surface area contributed by atoms with Gasteiger partial charge in [0.25, 0.3) is 5.56 Å². The number of rotatable bonds is 4. The Hall–Kier alpha value is -1.95. The van der Waals surface area contributed by atoms with Gasteiger partial charge in [0.1, 0.15) is 4.83 Å². The molecule has 2 aromatic carbocycles. The number of benzene rings is 2. The molecular weight excluding hydrogens is 444 g/mol. The Morgan fingerprint density at radius 2 is 1.81 bits per heavy atom. The van der Waals surface area contributed by atoms with Crippen molar-refractivity contribution in [3.05, 3.63) is 85.1 Å². The Bertz CT molecular complexity index is 1160. The number of hydrogen-bond acceptors (Lipinski definition) is 3. The Morgan fingerprint density at radius 3 is 2.48 bits per heavy atom. The molecule has 0 aliphatic heterocycles. The van der Waals surface area contributed by atoms with Crippen LogP contribution in [0.25, 0.3) is 21.3 Å². The molecule has 0 saturated heterocycles. The molecule has 0 bridgehead atoms. The Balaban J connectivity index is 1.88. The van der Waals surface area contributed by atoms with Gasteiger partial charge in [0.15, 0.2) is 0 Å². The van der Waals surface area contributed by atoms with Crippen molar-refractivity contribution in [2.45, 2.75) is 19.9 Å². The van der Waals surface area contributed by atoms with E-state index in [9.17, 15) is 4.79 Å². The zero-order chi connectivity index (χ0) is 19.0. The molecule has 2 heterocycles. The van der Waals surface area contributed by atoms with Crippen molar-refractivity contribution in [3.63, 3.8) is 0 Å². The zero-order valence-electron chi connectivity index (χ0n) is 14.6. The van der Waals surface area contributed by atoms with Crippen molar-refractivity contribution >= 4 is 49.1 Å². The molecule has 27 heavy (non-hydrogen) atoms. The fourth-order valence-corrected chi connectivity index (χ4v) is 4.62. The van der Waals surface area contributed by atoms with E-state index in [1.165, 1.54) is 4.88 Å². The van der Waals surface area contributed by atoms with Crippen molar-refractivity contribution in [2.75, 3.05) is 0 Å². The van der Waals surface area contributed by atoms with Crippen LogP contribution >= 0.6 is 38.9 Å². The lowest BCUT2D eigenvalue weighted by molar-refractivity contribution is 0.749. The minimum absolute atomic E-state index is 0.0104. The van der Waals surface area contributed by atoms with Gasteiger partial charge >= 0.3 is 0 Å². The normalized spacial score (nSPS) is 11.2. The molecule has 0 atom stereocenters. The average molecular weight is 460 g/mol. The van der Waals surface area contributed by atoms with E-state index in [0.29, 0.717) is 17.0 Å². The number of halogens is 2. The van der Waals surface area contributed by atoms with Gasteiger partial charge in [0, 0.05) is 19.9 Å². The average Bonchev–Trinajstić information content (AvgIpc) is 3.06. The molecule has 0 unspecified atom stereocenters. The van der Waals surface area contributed by atoms with Crippen molar-refractivity contribution in [2.24, 2.45) is 0 Å². The van der Waals surface area contributed by atoms with Crippen LogP contribution in [0.15, 0.2) is 64.1 Å². The monoisotopic (exact) mass is 458 g/mol. The number of aryl methyl sites for hydroxylation is 1. The molecule has 0 spiro atoms. The summed E-state index contributed by atoms with van der Waals surface area (Å²) < 4.78 is 2.68. The summed E-state index contributed by atoms with van der Waals surface area (Å²) in [5, 5.41) is 1.39. The molecule has 4 aromatic rings. The van der Waals surface area contributed by atoms with Gasteiger partial charge in [-0.3, -0.25) is 9.36 Å². The highest BCUT2D eigenvalue weighted by Gasteiger charge is 2.18. The summed E-state index contributed by atoms with van der Waals surface area (Å²) in [4.78, 5) is 19.8. The van der Waals surface area contributed by atoms with E-state index in [2.05, 4.69) is 27.8 Å². The van der Waals surface area contributed by atoms with E-state index < -0.39 is 0 Å². The summed E-state index contributed by atoms with van der Waals surface area (Å²) in [6, 6.07) is 15.6. The molecule has 0 N–H and O–H groups in total. The standard InChI is InChI=1S/C21H16BrClN2OS/c1-2-17-18(14-5-7-15(22)8-6-14)19-20(27-17)24-12-25(21(19)26)11-13-3-9-16(23)10-4-13/h3-10,12H,2,11H2,1H3. The Morgan fingerprint density at radius 1 is 1.11 bits per heavy atom. The summed E-state index contributed by atoms with van der Waals surface area (Å²) in [6.07, 6.45) is 2.50. The van der Waals surface area contributed by atoms with Crippen molar-refractivity contribution in [3.8, 4) is 11.1 Å². The van der Waals surface area contributed by atoms with Crippen molar-refractivity contribution in [1.29, 1.82) is 0 Å². The third kappa shape index (κ3) is 3.59. The van der Waals surface area contributed by atoms with Gasteiger partial charge in [-0.25, -0.2) is 4.98 Å².